The van der Waals surface area contributed by atoms with E-state index in [9.17, 15) is 0 Å². The maximum atomic E-state index is 5.94. The highest BCUT2D eigenvalue weighted by Gasteiger charge is 2.11. The second-order valence-corrected chi connectivity index (χ2v) is 3.00. The lowest BCUT2D eigenvalue weighted by molar-refractivity contribution is 0.561. The molecule has 0 aliphatic rings. The highest BCUT2D eigenvalue weighted by molar-refractivity contribution is 5.21. The van der Waals surface area contributed by atoms with Crippen LogP contribution in [-0.4, -0.2) is 9.55 Å². The Labute approximate surface area is 76.0 Å². The van der Waals surface area contributed by atoms with E-state index in [-0.39, 0.29) is 6.04 Å². The third-order valence-corrected chi connectivity index (χ3v) is 1.95. The van der Waals surface area contributed by atoms with Gasteiger partial charge in [0.1, 0.15) is 0 Å². The summed E-state index contributed by atoms with van der Waals surface area (Å²) in [5.74, 6) is 0. The van der Waals surface area contributed by atoms with Crippen LogP contribution < -0.4 is 5.73 Å². The molecule has 0 saturated heterocycles. The van der Waals surface area contributed by atoms with Crippen molar-refractivity contribution < 1.29 is 4.42 Å². The van der Waals surface area contributed by atoms with Gasteiger partial charge in [-0.15, -0.1) is 0 Å². The number of imidazole rings is 1. The quantitative estimate of drug-likeness (QED) is 0.746. The van der Waals surface area contributed by atoms with Crippen molar-refractivity contribution in [3.05, 3.63) is 42.4 Å². The zero-order valence-electron chi connectivity index (χ0n) is 7.34. The standard InChI is InChI=1S/C9H11N3O/c1-12-4-8(11-6-12)9(10)7-2-3-13-5-7/h2-6,9H,10H2,1H3. The van der Waals surface area contributed by atoms with Gasteiger partial charge in [0.15, 0.2) is 0 Å². The van der Waals surface area contributed by atoms with Gasteiger partial charge in [0.05, 0.1) is 30.6 Å². The van der Waals surface area contributed by atoms with E-state index in [0.717, 1.165) is 11.3 Å². The van der Waals surface area contributed by atoms with Crippen LogP contribution in [0.5, 0.6) is 0 Å². The number of aryl methyl sites for hydroxylation is 1. The van der Waals surface area contributed by atoms with Crippen molar-refractivity contribution >= 4 is 0 Å². The number of nitrogens with two attached hydrogens (primary N) is 1. The van der Waals surface area contributed by atoms with Crippen molar-refractivity contribution in [3.8, 4) is 0 Å². The van der Waals surface area contributed by atoms with Crippen molar-refractivity contribution in [1.29, 1.82) is 0 Å². The van der Waals surface area contributed by atoms with Crippen molar-refractivity contribution in [2.45, 2.75) is 6.04 Å². The van der Waals surface area contributed by atoms with Crippen LogP contribution in [0.15, 0.2) is 35.5 Å². The van der Waals surface area contributed by atoms with E-state index in [4.69, 9.17) is 10.2 Å². The number of rotatable bonds is 2. The van der Waals surface area contributed by atoms with E-state index in [1.807, 2.05) is 23.9 Å². The molecular formula is C9H11N3O. The third kappa shape index (κ3) is 1.48. The van der Waals surface area contributed by atoms with Crippen LogP contribution in [0, 0.1) is 0 Å². The molecule has 1 unspecified atom stereocenters. The summed E-state index contributed by atoms with van der Waals surface area (Å²) in [6, 6.07) is 1.65. The monoisotopic (exact) mass is 177 g/mol. The van der Waals surface area contributed by atoms with E-state index < -0.39 is 0 Å². The van der Waals surface area contributed by atoms with Crippen LogP contribution in [-0.2, 0) is 7.05 Å². The van der Waals surface area contributed by atoms with E-state index in [1.54, 1.807) is 18.9 Å². The molecule has 0 radical (unpaired) electrons. The maximum Gasteiger partial charge on any atom is 0.0954 e. The van der Waals surface area contributed by atoms with Gasteiger partial charge in [0.2, 0.25) is 0 Å². The average Bonchev–Trinajstić information content (AvgIpc) is 2.72. The van der Waals surface area contributed by atoms with Gasteiger partial charge in [0, 0.05) is 18.8 Å². The van der Waals surface area contributed by atoms with Gasteiger partial charge in [-0.1, -0.05) is 0 Å². The molecule has 1 atom stereocenters. The van der Waals surface area contributed by atoms with Gasteiger partial charge in [-0.25, -0.2) is 4.98 Å². The summed E-state index contributed by atoms with van der Waals surface area (Å²) in [7, 11) is 1.92. The van der Waals surface area contributed by atoms with Crippen molar-refractivity contribution in [3.63, 3.8) is 0 Å². The minimum Gasteiger partial charge on any atom is -0.472 e. The normalized spacial score (nSPS) is 13.1. The Morgan fingerprint density at radius 1 is 1.62 bits per heavy atom. The average molecular weight is 177 g/mol. The molecule has 2 rings (SSSR count). The minimum atomic E-state index is -0.194. The van der Waals surface area contributed by atoms with Crippen LogP contribution in [0.2, 0.25) is 0 Å². The van der Waals surface area contributed by atoms with Gasteiger partial charge in [-0.2, -0.15) is 0 Å². The van der Waals surface area contributed by atoms with Crippen LogP contribution >= 0.6 is 0 Å². The number of nitrogens with zero attached hydrogens (tertiary/aromatic N) is 2. The first-order chi connectivity index (χ1) is 6.27. The molecule has 0 fully saturated rings. The minimum absolute atomic E-state index is 0.194. The van der Waals surface area contributed by atoms with Crippen LogP contribution in [0.1, 0.15) is 17.3 Å². The summed E-state index contributed by atoms with van der Waals surface area (Å²) >= 11 is 0. The molecule has 0 aliphatic carbocycles. The van der Waals surface area contributed by atoms with E-state index in [1.165, 1.54) is 0 Å². The van der Waals surface area contributed by atoms with Crippen LogP contribution in [0.4, 0.5) is 0 Å². The van der Waals surface area contributed by atoms with Crippen LogP contribution in [0.3, 0.4) is 0 Å². The molecule has 2 aromatic rings. The summed E-state index contributed by atoms with van der Waals surface area (Å²) in [6.07, 6.45) is 6.88. The largest absolute Gasteiger partial charge is 0.472 e. The fourth-order valence-corrected chi connectivity index (χ4v) is 1.22. The molecule has 4 nitrogen and oxygen atoms in total. The lowest BCUT2D eigenvalue weighted by Gasteiger charge is -2.03. The topological polar surface area (TPSA) is 57.0 Å². The molecular weight excluding hydrogens is 166 g/mol. The van der Waals surface area contributed by atoms with Gasteiger partial charge < -0.3 is 14.7 Å². The zero-order valence-corrected chi connectivity index (χ0v) is 7.34. The van der Waals surface area contributed by atoms with E-state index in [0.29, 0.717) is 0 Å². The predicted molar refractivity (Wildman–Crippen MR) is 47.9 cm³/mol. The Bertz CT molecular complexity index is 377. The second-order valence-electron chi connectivity index (χ2n) is 3.00. The number of hydrogen-bond acceptors (Lipinski definition) is 3. The first kappa shape index (κ1) is 8.07. The molecule has 2 N–H and O–H groups in total. The molecule has 13 heavy (non-hydrogen) atoms. The fourth-order valence-electron chi connectivity index (χ4n) is 1.22. The fraction of sp³-hybridized carbons (Fsp3) is 0.222. The Balaban J connectivity index is 2.28. The van der Waals surface area contributed by atoms with Crippen molar-refractivity contribution in [2.24, 2.45) is 12.8 Å². The molecule has 2 heterocycles. The lowest BCUT2D eigenvalue weighted by Crippen LogP contribution is -2.11. The first-order valence-corrected chi connectivity index (χ1v) is 4.03. The summed E-state index contributed by atoms with van der Waals surface area (Å²) in [5.41, 5.74) is 7.73. The highest BCUT2D eigenvalue weighted by Crippen LogP contribution is 2.17. The highest BCUT2D eigenvalue weighted by atomic mass is 16.3. The predicted octanol–water partition coefficient (Wildman–Crippen LogP) is 1.06. The molecule has 2 aromatic heterocycles. The summed E-state index contributed by atoms with van der Waals surface area (Å²) in [6.45, 7) is 0. The van der Waals surface area contributed by atoms with Crippen LogP contribution in [0.25, 0.3) is 0 Å². The number of aromatic nitrogens is 2. The van der Waals surface area contributed by atoms with E-state index in [2.05, 4.69) is 4.98 Å². The van der Waals surface area contributed by atoms with Crippen molar-refractivity contribution in [2.75, 3.05) is 0 Å². The molecule has 0 bridgehead atoms. The zero-order chi connectivity index (χ0) is 9.26. The molecule has 0 aliphatic heterocycles. The Kier molecular flexibility index (Phi) is 1.90. The molecule has 0 spiro atoms. The Morgan fingerprint density at radius 3 is 3.00 bits per heavy atom. The molecule has 4 heteroatoms. The maximum absolute atomic E-state index is 5.94. The molecule has 68 valence electrons. The number of furan rings is 1. The lowest BCUT2D eigenvalue weighted by atomic mass is 10.1. The van der Waals surface area contributed by atoms with Gasteiger partial charge in [0.25, 0.3) is 0 Å². The summed E-state index contributed by atoms with van der Waals surface area (Å²) < 4.78 is 6.82. The van der Waals surface area contributed by atoms with E-state index >= 15 is 0 Å². The van der Waals surface area contributed by atoms with Crippen molar-refractivity contribution in [1.82, 2.24) is 9.55 Å². The molecule has 0 saturated carbocycles. The molecule has 0 amide bonds. The van der Waals surface area contributed by atoms with Gasteiger partial charge >= 0.3 is 0 Å². The Hall–Kier alpha value is -1.55. The summed E-state index contributed by atoms with van der Waals surface area (Å²) in [5, 5.41) is 0. The SMILES string of the molecule is Cn1cnc(C(N)c2ccoc2)c1. The molecule has 0 aromatic carbocycles. The Morgan fingerprint density at radius 2 is 2.46 bits per heavy atom. The number of hydrogen-bond donors (Lipinski definition) is 1. The van der Waals surface area contributed by atoms with Gasteiger partial charge in [-0.3, -0.25) is 0 Å². The third-order valence-electron chi connectivity index (χ3n) is 1.95. The first-order valence-electron chi connectivity index (χ1n) is 4.03. The van der Waals surface area contributed by atoms with Gasteiger partial charge in [-0.05, 0) is 6.07 Å². The second kappa shape index (κ2) is 3.06. The summed E-state index contributed by atoms with van der Waals surface area (Å²) in [4.78, 5) is 4.17. The smallest absolute Gasteiger partial charge is 0.0954 e.